The Hall–Kier alpha value is -2.50. The topological polar surface area (TPSA) is 44.8 Å². The second-order valence-corrected chi connectivity index (χ2v) is 10.5. The van der Waals surface area contributed by atoms with E-state index in [4.69, 9.17) is 0 Å². The van der Waals surface area contributed by atoms with Crippen LogP contribution >= 0.6 is 11.3 Å². The van der Waals surface area contributed by atoms with Gasteiger partial charge in [0.05, 0.1) is 11.2 Å². The van der Waals surface area contributed by atoms with Crippen molar-refractivity contribution >= 4 is 22.2 Å². The molecule has 0 amide bonds. The van der Waals surface area contributed by atoms with Crippen LogP contribution in [0.15, 0.2) is 42.0 Å². The molecule has 32 heavy (non-hydrogen) atoms. The number of H-pyrrole nitrogens is 1. The number of nitrogens with zero attached hydrogens (tertiary/aromatic N) is 3. The SMILES string of the molecule is Cc1cc(-c2[nH]c3ccc(C4CCN(Cc5cncs5)CC4)cc3c2C(C)C)cc(C)n1. The lowest BCUT2D eigenvalue weighted by Crippen LogP contribution is -2.32. The van der Waals surface area contributed by atoms with E-state index < -0.39 is 0 Å². The van der Waals surface area contributed by atoms with Crippen LogP contribution in [0, 0.1) is 13.8 Å². The number of likely N-dealkylation sites (tertiary alicyclic amines) is 1. The second-order valence-electron chi connectivity index (χ2n) is 9.53. The summed E-state index contributed by atoms with van der Waals surface area (Å²) in [6, 6.07) is 11.5. The van der Waals surface area contributed by atoms with E-state index in [0.29, 0.717) is 11.8 Å². The molecule has 1 aliphatic rings. The smallest absolute Gasteiger partial charge is 0.0794 e. The van der Waals surface area contributed by atoms with Crippen molar-refractivity contribution in [3.63, 3.8) is 0 Å². The molecule has 5 heteroatoms. The number of hydrogen-bond donors (Lipinski definition) is 1. The number of aromatic nitrogens is 3. The van der Waals surface area contributed by atoms with E-state index in [0.717, 1.165) is 31.0 Å². The monoisotopic (exact) mass is 444 g/mol. The lowest BCUT2D eigenvalue weighted by Gasteiger charge is -2.31. The van der Waals surface area contributed by atoms with E-state index in [-0.39, 0.29) is 0 Å². The molecule has 0 saturated carbocycles. The zero-order valence-corrected chi connectivity index (χ0v) is 20.3. The van der Waals surface area contributed by atoms with Crippen LogP contribution in [0.2, 0.25) is 0 Å². The van der Waals surface area contributed by atoms with E-state index in [2.05, 4.69) is 77.9 Å². The summed E-state index contributed by atoms with van der Waals surface area (Å²) >= 11 is 1.76. The minimum atomic E-state index is 0.448. The average molecular weight is 445 g/mol. The van der Waals surface area contributed by atoms with Gasteiger partial charge in [-0.15, -0.1) is 11.3 Å². The summed E-state index contributed by atoms with van der Waals surface area (Å²) in [5, 5.41) is 1.38. The van der Waals surface area contributed by atoms with Gasteiger partial charge >= 0.3 is 0 Å². The molecule has 0 radical (unpaired) electrons. The predicted molar refractivity (Wildman–Crippen MR) is 134 cm³/mol. The molecule has 0 aliphatic carbocycles. The van der Waals surface area contributed by atoms with Crippen LogP contribution in [0.1, 0.15) is 65.9 Å². The Morgan fingerprint density at radius 1 is 1.09 bits per heavy atom. The molecule has 0 unspecified atom stereocenters. The summed E-state index contributed by atoms with van der Waals surface area (Å²) < 4.78 is 0. The predicted octanol–water partition coefficient (Wildman–Crippen LogP) is 6.81. The number of benzene rings is 1. The van der Waals surface area contributed by atoms with Gasteiger partial charge in [0.25, 0.3) is 0 Å². The zero-order chi connectivity index (χ0) is 22.2. The van der Waals surface area contributed by atoms with Crippen molar-refractivity contribution in [3.8, 4) is 11.3 Å². The Kier molecular flexibility index (Phi) is 5.87. The summed E-state index contributed by atoms with van der Waals surface area (Å²) in [6.07, 6.45) is 4.45. The highest BCUT2D eigenvalue weighted by atomic mass is 32.1. The highest BCUT2D eigenvalue weighted by Gasteiger charge is 2.23. The maximum Gasteiger partial charge on any atom is 0.0794 e. The third kappa shape index (κ3) is 4.24. The van der Waals surface area contributed by atoms with Gasteiger partial charge in [0.15, 0.2) is 0 Å². The second kappa shape index (κ2) is 8.80. The van der Waals surface area contributed by atoms with Gasteiger partial charge in [-0.3, -0.25) is 14.9 Å². The standard InChI is InChI=1S/C27H32N4S/c1-17(2)26-24-13-21(20-7-9-31(10-8-20)15-23-14-28-16-32-23)5-6-25(24)30-27(26)22-11-18(3)29-19(4)12-22/h5-6,11-14,16-17,20,30H,7-10,15H2,1-4H3. The fourth-order valence-electron chi connectivity index (χ4n) is 5.26. The van der Waals surface area contributed by atoms with E-state index in [1.165, 1.54) is 51.0 Å². The number of piperidine rings is 1. The quantitative estimate of drug-likeness (QED) is 0.368. The highest BCUT2D eigenvalue weighted by molar-refractivity contribution is 7.09. The van der Waals surface area contributed by atoms with E-state index in [1.54, 1.807) is 11.3 Å². The molecule has 5 rings (SSSR count). The third-order valence-corrected chi connectivity index (χ3v) is 7.50. The molecule has 4 nitrogen and oxygen atoms in total. The molecular weight excluding hydrogens is 412 g/mol. The van der Waals surface area contributed by atoms with E-state index in [9.17, 15) is 0 Å². The number of rotatable bonds is 5. The van der Waals surface area contributed by atoms with E-state index in [1.807, 2.05) is 11.7 Å². The number of nitrogens with one attached hydrogen (secondary N) is 1. The van der Waals surface area contributed by atoms with Crippen molar-refractivity contribution in [3.05, 3.63) is 69.4 Å². The summed E-state index contributed by atoms with van der Waals surface area (Å²) in [4.78, 5) is 16.5. The van der Waals surface area contributed by atoms with Crippen molar-refractivity contribution in [1.82, 2.24) is 19.9 Å². The minimum Gasteiger partial charge on any atom is -0.354 e. The van der Waals surface area contributed by atoms with Crippen LogP contribution in [0.4, 0.5) is 0 Å². The lowest BCUT2D eigenvalue weighted by molar-refractivity contribution is 0.206. The molecule has 1 fully saturated rings. The highest BCUT2D eigenvalue weighted by Crippen LogP contribution is 2.38. The van der Waals surface area contributed by atoms with Crippen LogP contribution in [0.25, 0.3) is 22.2 Å². The van der Waals surface area contributed by atoms with E-state index >= 15 is 0 Å². The number of fused-ring (bicyclic) bond motifs is 1. The first-order valence-electron chi connectivity index (χ1n) is 11.7. The van der Waals surface area contributed by atoms with Crippen LogP contribution < -0.4 is 0 Å². The molecule has 0 spiro atoms. The van der Waals surface area contributed by atoms with Crippen molar-refractivity contribution in [2.24, 2.45) is 0 Å². The van der Waals surface area contributed by atoms with Crippen LogP contribution in [0.3, 0.4) is 0 Å². The number of pyridine rings is 1. The average Bonchev–Trinajstić information content (AvgIpc) is 3.40. The molecular formula is C27H32N4S. The third-order valence-electron chi connectivity index (χ3n) is 6.73. The first-order chi connectivity index (χ1) is 15.5. The van der Waals surface area contributed by atoms with Gasteiger partial charge in [-0.1, -0.05) is 19.9 Å². The molecule has 3 aromatic heterocycles. The van der Waals surface area contributed by atoms with Crippen LogP contribution in [-0.2, 0) is 6.54 Å². The van der Waals surface area contributed by atoms with Gasteiger partial charge < -0.3 is 4.98 Å². The molecule has 1 aromatic carbocycles. The van der Waals surface area contributed by atoms with Gasteiger partial charge in [-0.05, 0) is 87.0 Å². The Morgan fingerprint density at radius 3 is 2.50 bits per heavy atom. The maximum absolute atomic E-state index is 4.57. The zero-order valence-electron chi connectivity index (χ0n) is 19.5. The largest absolute Gasteiger partial charge is 0.354 e. The number of hydrogen-bond acceptors (Lipinski definition) is 4. The first-order valence-corrected chi connectivity index (χ1v) is 12.6. The molecule has 1 saturated heterocycles. The molecule has 4 aromatic rings. The fraction of sp³-hybridized carbons (Fsp3) is 0.407. The molecule has 166 valence electrons. The normalized spacial score (nSPS) is 15.8. The van der Waals surface area contributed by atoms with Gasteiger partial charge in [0.1, 0.15) is 0 Å². The fourth-order valence-corrected chi connectivity index (χ4v) is 5.89. The lowest BCUT2D eigenvalue weighted by atomic mass is 9.87. The molecule has 1 N–H and O–H groups in total. The van der Waals surface area contributed by atoms with Gasteiger partial charge in [0.2, 0.25) is 0 Å². The maximum atomic E-state index is 4.57. The van der Waals surface area contributed by atoms with Crippen molar-refractivity contribution in [2.45, 2.75) is 58.9 Å². The molecule has 0 atom stereocenters. The Morgan fingerprint density at radius 2 is 1.84 bits per heavy atom. The first kappa shape index (κ1) is 21.4. The molecule has 1 aliphatic heterocycles. The number of aryl methyl sites for hydroxylation is 2. The number of aromatic amines is 1. The van der Waals surface area contributed by atoms with Crippen molar-refractivity contribution in [2.75, 3.05) is 13.1 Å². The number of thiazole rings is 1. The van der Waals surface area contributed by atoms with Gasteiger partial charge in [0, 0.05) is 45.5 Å². The summed E-state index contributed by atoms with van der Waals surface area (Å²) in [7, 11) is 0. The Bertz CT molecular complexity index is 1190. The Balaban J connectivity index is 1.43. The summed E-state index contributed by atoms with van der Waals surface area (Å²) in [6.45, 7) is 12.1. The summed E-state index contributed by atoms with van der Waals surface area (Å²) in [5.41, 5.74) is 10.7. The minimum absolute atomic E-state index is 0.448. The van der Waals surface area contributed by atoms with Crippen molar-refractivity contribution < 1.29 is 0 Å². The molecule has 0 bridgehead atoms. The van der Waals surface area contributed by atoms with Gasteiger partial charge in [-0.25, -0.2) is 0 Å². The summed E-state index contributed by atoms with van der Waals surface area (Å²) in [5.74, 6) is 1.09. The Labute approximate surface area is 194 Å². The molecule has 4 heterocycles. The van der Waals surface area contributed by atoms with Crippen molar-refractivity contribution in [1.29, 1.82) is 0 Å². The van der Waals surface area contributed by atoms with Crippen LogP contribution in [-0.4, -0.2) is 32.9 Å². The van der Waals surface area contributed by atoms with Gasteiger partial charge in [-0.2, -0.15) is 0 Å². The van der Waals surface area contributed by atoms with Crippen LogP contribution in [0.5, 0.6) is 0 Å².